The fraction of sp³-hybridized carbons (Fsp3) is 0.294. The van der Waals surface area contributed by atoms with Crippen molar-refractivity contribution in [1.29, 1.82) is 0 Å². The predicted molar refractivity (Wildman–Crippen MR) is 90.2 cm³/mol. The summed E-state index contributed by atoms with van der Waals surface area (Å²) in [5.74, 6) is 5.29. The molecule has 134 valence electrons. The van der Waals surface area contributed by atoms with Gasteiger partial charge in [0.05, 0.1) is 0 Å². The molecule has 5 radical (unpaired) electrons. The van der Waals surface area contributed by atoms with Gasteiger partial charge in [-0.1, -0.05) is 0 Å². The zero-order chi connectivity index (χ0) is 15.6. The molecule has 0 bridgehead atoms. The number of hydrogen-bond acceptors (Lipinski definition) is 2. The third kappa shape index (κ3) is 9.60. The van der Waals surface area contributed by atoms with E-state index in [4.69, 9.17) is 11.6 Å². The molecule has 0 amide bonds. The average Bonchev–Trinajstić information content (AvgIpc) is 2.78. The monoisotopic (exact) mass is 589 g/mol. The second kappa shape index (κ2) is 16.7. The van der Waals surface area contributed by atoms with Crippen LogP contribution >= 0.6 is 10.5 Å². The molecule has 0 spiro atoms. The Bertz CT molecular complexity index is 713. The van der Waals surface area contributed by atoms with Crippen LogP contribution in [0.3, 0.4) is 0 Å². The van der Waals surface area contributed by atoms with E-state index in [-0.39, 0.29) is 103 Å². The number of nitrogens with zero attached hydrogens (tertiary/aromatic N) is 2. The number of aromatic nitrogens is 1. The maximum atomic E-state index is 5.76. The first-order chi connectivity index (χ1) is 9.92. The molecule has 0 saturated heterocycles. The van der Waals surface area contributed by atoms with Crippen molar-refractivity contribution in [3.8, 4) is 0 Å². The standard InChI is InChI=1S/C17H19N2S.6V/c1-6-20(5)16-10-13(4)11-18-17(16)15-8-7-14(19-15)9-12(2)3;;;;;;/h2,9-11H,5-6,8H2,1,3-4H3;;;;;;/q-1;;;;;;. The molecule has 26 heavy (non-hydrogen) atoms. The van der Waals surface area contributed by atoms with Crippen molar-refractivity contribution in [2.45, 2.75) is 32.1 Å². The zero-order valence-electron chi connectivity index (χ0n) is 14.9. The topological polar surface area (TPSA) is 25.2 Å². The van der Waals surface area contributed by atoms with E-state index < -0.39 is 0 Å². The van der Waals surface area contributed by atoms with E-state index in [0.717, 1.165) is 34.8 Å². The smallest absolute Gasteiger partial charge is 0 e. The Morgan fingerprint density at radius 3 is 2.38 bits per heavy atom. The summed E-state index contributed by atoms with van der Waals surface area (Å²) in [6.45, 7) is 11.9. The fourth-order valence-electron chi connectivity index (χ4n) is 2.10. The van der Waals surface area contributed by atoms with Gasteiger partial charge < -0.3 is 0 Å². The molecule has 0 fully saturated rings. The van der Waals surface area contributed by atoms with Crippen LogP contribution in [0, 0.1) is 13.5 Å². The van der Waals surface area contributed by atoms with E-state index in [1.165, 1.54) is 14.7 Å². The molecule has 9 heteroatoms. The molecular weight excluding hydrogens is 570 g/mol. The van der Waals surface area contributed by atoms with Crippen LogP contribution in [-0.4, -0.2) is 26.5 Å². The van der Waals surface area contributed by atoms with E-state index >= 15 is 0 Å². The van der Waals surface area contributed by atoms with Gasteiger partial charge in [-0.25, -0.2) is 0 Å². The van der Waals surface area contributed by atoms with Crippen LogP contribution < -0.4 is 0 Å². The average molecular weight is 589 g/mol. The summed E-state index contributed by atoms with van der Waals surface area (Å²) in [4.78, 5) is 10.6. The summed E-state index contributed by atoms with van der Waals surface area (Å²) in [5.41, 5.74) is 4.88. The maximum absolute atomic E-state index is 5.76. The summed E-state index contributed by atoms with van der Waals surface area (Å²) in [7, 11) is -0.0485. The van der Waals surface area contributed by atoms with Gasteiger partial charge in [0.15, 0.2) is 0 Å². The number of pyridine rings is 1. The van der Waals surface area contributed by atoms with Gasteiger partial charge in [0.1, 0.15) is 0 Å². The second-order valence-corrected chi connectivity index (χ2v) is 7.94. The SMILES string of the molecule is [CH-]=C(C)C=C1N=C(c2ncc(C)cc2S(=C)CC)C[C]1=[V].[V].[V].[V].[V].[V]. The van der Waals surface area contributed by atoms with Gasteiger partial charge in [0, 0.05) is 92.8 Å². The Morgan fingerprint density at radius 1 is 1.31 bits per heavy atom. The van der Waals surface area contributed by atoms with Crippen molar-refractivity contribution in [1.82, 2.24) is 4.98 Å². The molecular formula is C17H19N2SV6-. The van der Waals surface area contributed by atoms with Crippen LogP contribution in [0.2, 0.25) is 0 Å². The molecule has 1 aliphatic heterocycles. The maximum Gasteiger partial charge on any atom is 0 e. The van der Waals surface area contributed by atoms with Crippen molar-refractivity contribution in [3.63, 3.8) is 0 Å². The van der Waals surface area contributed by atoms with Crippen molar-refractivity contribution in [3.05, 3.63) is 47.4 Å². The Labute approximate surface area is 228 Å². The predicted octanol–water partition coefficient (Wildman–Crippen LogP) is 3.63. The summed E-state index contributed by atoms with van der Waals surface area (Å²) in [5, 5.41) is 0. The van der Waals surface area contributed by atoms with Crippen LogP contribution in [0.5, 0.6) is 0 Å². The molecule has 0 aliphatic carbocycles. The van der Waals surface area contributed by atoms with Crippen molar-refractivity contribution in [2.75, 3.05) is 5.75 Å². The molecule has 1 aromatic rings. The van der Waals surface area contributed by atoms with Crippen LogP contribution in [-0.2, 0) is 110 Å². The Hall–Kier alpha value is 1.90. The quantitative estimate of drug-likeness (QED) is 0.390. The molecule has 0 saturated carbocycles. The normalized spacial score (nSPS) is 14.5. The van der Waals surface area contributed by atoms with E-state index in [0.29, 0.717) is 0 Å². The molecule has 2 nitrogen and oxygen atoms in total. The molecule has 2 heterocycles. The Kier molecular flexibility index (Phi) is 22.7. The largest absolute Gasteiger partial charge is 0 e. The number of hydrogen-bond donors (Lipinski definition) is 0. The van der Waals surface area contributed by atoms with E-state index in [9.17, 15) is 0 Å². The molecule has 0 aromatic carbocycles. The molecule has 1 atom stereocenters. The molecule has 1 unspecified atom stereocenters. The second-order valence-electron chi connectivity index (χ2n) is 5.10. The third-order valence-electron chi connectivity index (χ3n) is 3.17. The fourth-order valence-corrected chi connectivity index (χ4v) is 3.62. The number of allylic oxidation sites excluding steroid dienone is 3. The third-order valence-corrected chi connectivity index (χ3v) is 5.41. The summed E-state index contributed by atoms with van der Waals surface area (Å²) in [6.07, 6.45) is 4.63. The van der Waals surface area contributed by atoms with E-state index in [1.807, 2.05) is 19.2 Å². The van der Waals surface area contributed by atoms with Gasteiger partial charge >= 0.3 is 139 Å². The summed E-state index contributed by atoms with van der Waals surface area (Å²) >= 11 is 2.60. The van der Waals surface area contributed by atoms with Crippen LogP contribution in [0.4, 0.5) is 0 Å². The summed E-state index contributed by atoms with van der Waals surface area (Å²) < 4.78 is 1.18. The molecule has 2 rings (SSSR count). The van der Waals surface area contributed by atoms with Gasteiger partial charge in [-0.05, 0) is 0 Å². The Balaban J connectivity index is -0.000000484. The van der Waals surface area contributed by atoms with Crippen molar-refractivity contribution >= 4 is 26.3 Å². The first-order valence-electron chi connectivity index (χ1n) is 6.83. The van der Waals surface area contributed by atoms with E-state index in [2.05, 4.69) is 47.7 Å². The zero-order valence-corrected chi connectivity index (χ0v) is 24.1. The van der Waals surface area contributed by atoms with Gasteiger partial charge in [0.2, 0.25) is 0 Å². The number of rotatable bonds is 4. The van der Waals surface area contributed by atoms with Crippen LogP contribution in [0.15, 0.2) is 39.5 Å². The first kappa shape index (κ1) is 35.3. The van der Waals surface area contributed by atoms with Crippen molar-refractivity contribution < 1.29 is 110 Å². The van der Waals surface area contributed by atoms with Crippen LogP contribution in [0.1, 0.15) is 31.5 Å². The van der Waals surface area contributed by atoms with Gasteiger partial charge in [0.25, 0.3) is 0 Å². The Morgan fingerprint density at radius 2 is 1.88 bits per heavy atom. The molecule has 1 aliphatic rings. The van der Waals surface area contributed by atoms with Gasteiger partial charge in [-0.2, -0.15) is 0 Å². The molecule has 0 N–H and O–H groups in total. The van der Waals surface area contributed by atoms with Crippen molar-refractivity contribution in [2.24, 2.45) is 4.99 Å². The first-order valence-corrected chi connectivity index (χ1v) is 9.09. The minimum absolute atomic E-state index is 0. The van der Waals surface area contributed by atoms with Crippen LogP contribution in [0.25, 0.3) is 0 Å². The van der Waals surface area contributed by atoms with E-state index in [1.54, 1.807) is 0 Å². The molecule has 1 aromatic heterocycles. The van der Waals surface area contributed by atoms with Gasteiger partial charge in [-0.3, -0.25) is 0 Å². The summed E-state index contributed by atoms with van der Waals surface area (Å²) in [6, 6.07) is 2.19. The minimum atomic E-state index is -0.0485. The number of aryl methyl sites for hydroxylation is 1. The number of aliphatic imine (C=N–C) groups is 1. The minimum Gasteiger partial charge on any atom is 0 e. The van der Waals surface area contributed by atoms with Gasteiger partial charge in [-0.15, -0.1) is 0 Å².